The van der Waals surface area contributed by atoms with Crippen molar-refractivity contribution >= 4 is 11.8 Å². The Morgan fingerprint density at radius 3 is 2.79 bits per heavy atom. The lowest BCUT2D eigenvalue weighted by Crippen LogP contribution is -2.58. The molecule has 19 heavy (non-hydrogen) atoms. The van der Waals surface area contributed by atoms with Crippen molar-refractivity contribution in [1.82, 2.24) is 20.9 Å². The van der Waals surface area contributed by atoms with E-state index in [0.717, 1.165) is 13.1 Å². The fraction of sp³-hybridized carbons (Fsp3) is 0.846. The van der Waals surface area contributed by atoms with E-state index >= 15 is 0 Å². The highest BCUT2D eigenvalue weighted by molar-refractivity contribution is 5.82. The van der Waals surface area contributed by atoms with Crippen molar-refractivity contribution < 1.29 is 9.59 Å². The fourth-order valence-corrected chi connectivity index (χ4v) is 2.20. The first-order valence-corrected chi connectivity index (χ1v) is 7.06. The molecular weight excluding hydrogens is 244 g/mol. The van der Waals surface area contributed by atoms with Crippen LogP contribution in [-0.2, 0) is 9.59 Å². The summed E-state index contributed by atoms with van der Waals surface area (Å²) in [6, 6.07) is -0.00439. The first kappa shape index (κ1) is 15.9. The van der Waals surface area contributed by atoms with Gasteiger partial charge in [0.15, 0.2) is 0 Å². The molecule has 6 heteroatoms. The molecule has 1 saturated heterocycles. The fourth-order valence-electron chi connectivity index (χ4n) is 2.20. The van der Waals surface area contributed by atoms with E-state index in [0.29, 0.717) is 26.1 Å². The van der Waals surface area contributed by atoms with Crippen LogP contribution in [0.1, 0.15) is 27.2 Å². The summed E-state index contributed by atoms with van der Waals surface area (Å²) in [6.45, 7) is 9.38. The molecule has 0 spiro atoms. The van der Waals surface area contributed by atoms with Crippen molar-refractivity contribution in [3.05, 3.63) is 0 Å². The molecule has 0 radical (unpaired) electrons. The minimum atomic E-state index is -0.166. The molecule has 1 heterocycles. The first-order chi connectivity index (χ1) is 9.04. The van der Waals surface area contributed by atoms with Gasteiger partial charge in [0.1, 0.15) is 6.04 Å². The molecule has 1 aliphatic rings. The summed E-state index contributed by atoms with van der Waals surface area (Å²) in [4.78, 5) is 25.7. The van der Waals surface area contributed by atoms with Gasteiger partial charge in [0.05, 0.1) is 0 Å². The van der Waals surface area contributed by atoms with Gasteiger partial charge in [-0.25, -0.2) is 0 Å². The zero-order valence-electron chi connectivity index (χ0n) is 12.2. The van der Waals surface area contributed by atoms with E-state index in [1.54, 1.807) is 0 Å². The van der Waals surface area contributed by atoms with Gasteiger partial charge in [-0.05, 0) is 20.8 Å². The summed E-state index contributed by atoms with van der Waals surface area (Å²) in [5.41, 5.74) is 0. The van der Waals surface area contributed by atoms with Crippen molar-refractivity contribution in [2.24, 2.45) is 0 Å². The van der Waals surface area contributed by atoms with Crippen molar-refractivity contribution in [1.29, 1.82) is 0 Å². The van der Waals surface area contributed by atoms with Crippen LogP contribution in [0.5, 0.6) is 0 Å². The van der Waals surface area contributed by atoms with E-state index < -0.39 is 0 Å². The number of piperazine rings is 1. The third-order valence-electron chi connectivity index (χ3n) is 3.08. The number of amides is 2. The molecule has 0 aromatic carbocycles. The van der Waals surface area contributed by atoms with Gasteiger partial charge in [-0.3, -0.25) is 14.5 Å². The maximum atomic E-state index is 11.9. The molecule has 1 atom stereocenters. The van der Waals surface area contributed by atoms with Crippen LogP contribution in [0, 0.1) is 0 Å². The number of rotatable bonds is 6. The van der Waals surface area contributed by atoms with E-state index in [4.69, 9.17) is 0 Å². The summed E-state index contributed by atoms with van der Waals surface area (Å²) in [7, 11) is 0. The quantitative estimate of drug-likeness (QED) is 0.597. The van der Waals surface area contributed by atoms with Crippen LogP contribution in [0.3, 0.4) is 0 Å². The Labute approximate surface area is 115 Å². The molecule has 1 rings (SSSR count). The van der Waals surface area contributed by atoms with Crippen LogP contribution in [0.4, 0.5) is 0 Å². The largest absolute Gasteiger partial charge is 0.355 e. The SMILES string of the molecule is CCNC(=O)C1CNCCN1CCC(=O)NC(C)C. The highest BCUT2D eigenvalue weighted by atomic mass is 16.2. The predicted molar refractivity (Wildman–Crippen MR) is 74.8 cm³/mol. The van der Waals surface area contributed by atoms with Crippen LogP contribution < -0.4 is 16.0 Å². The van der Waals surface area contributed by atoms with Gasteiger partial charge in [-0.1, -0.05) is 0 Å². The zero-order chi connectivity index (χ0) is 14.3. The summed E-state index contributed by atoms with van der Waals surface area (Å²) in [5.74, 6) is 0.0853. The number of hydrogen-bond donors (Lipinski definition) is 3. The first-order valence-electron chi connectivity index (χ1n) is 7.06. The van der Waals surface area contributed by atoms with Crippen molar-refractivity contribution in [2.75, 3.05) is 32.7 Å². The molecule has 3 N–H and O–H groups in total. The van der Waals surface area contributed by atoms with E-state index in [2.05, 4.69) is 20.9 Å². The smallest absolute Gasteiger partial charge is 0.238 e. The Morgan fingerprint density at radius 2 is 2.16 bits per heavy atom. The van der Waals surface area contributed by atoms with Crippen LogP contribution in [0.15, 0.2) is 0 Å². The van der Waals surface area contributed by atoms with Crippen LogP contribution in [0.2, 0.25) is 0 Å². The van der Waals surface area contributed by atoms with Gasteiger partial charge in [0.25, 0.3) is 0 Å². The number of carbonyl (C=O) groups is 2. The second-order valence-corrected chi connectivity index (χ2v) is 5.12. The van der Waals surface area contributed by atoms with Crippen molar-refractivity contribution in [2.45, 2.75) is 39.3 Å². The van der Waals surface area contributed by atoms with Gasteiger partial charge in [0.2, 0.25) is 11.8 Å². The summed E-state index contributed by atoms with van der Waals surface area (Å²) in [6.07, 6.45) is 0.439. The van der Waals surface area contributed by atoms with Gasteiger partial charge in [0, 0.05) is 45.2 Å². The number of carbonyl (C=O) groups excluding carboxylic acids is 2. The van der Waals surface area contributed by atoms with E-state index in [1.165, 1.54) is 0 Å². The minimum Gasteiger partial charge on any atom is -0.355 e. The standard InChI is InChI=1S/C13H26N4O2/c1-4-15-13(19)11-9-14-6-8-17(11)7-5-12(18)16-10(2)3/h10-11,14H,4-9H2,1-3H3,(H,15,19)(H,16,18). The molecule has 2 amide bonds. The topological polar surface area (TPSA) is 73.5 Å². The molecular formula is C13H26N4O2. The molecule has 0 aromatic rings. The Bertz CT molecular complexity index is 307. The zero-order valence-corrected chi connectivity index (χ0v) is 12.2. The maximum absolute atomic E-state index is 11.9. The molecule has 1 unspecified atom stereocenters. The molecule has 110 valence electrons. The Balaban J connectivity index is 2.44. The van der Waals surface area contributed by atoms with E-state index in [9.17, 15) is 9.59 Å². The molecule has 0 saturated carbocycles. The van der Waals surface area contributed by atoms with E-state index in [-0.39, 0.29) is 23.9 Å². The van der Waals surface area contributed by atoms with E-state index in [1.807, 2.05) is 20.8 Å². The Morgan fingerprint density at radius 1 is 1.42 bits per heavy atom. The van der Waals surface area contributed by atoms with Crippen LogP contribution >= 0.6 is 0 Å². The highest BCUT2D eigenvalue weighted by Gasteiger charge is 2.28. The second-order valence-electron chi connectivity index (χ2n) is 5.12. The van der Waals surface area contributed by atoms with Gasteiger partial charge in [-0.15, -0.1) is 0 Å². The van der Waals surface area contributed by atoms with Crippen molar-refractivity contribution in [3.8, 4) is 0 Å². The summed E-state index contributed by atoms with van der Waals surface area (Å²) >= 11 is 0. The Kier molecular flexibility index (Phi) is 6.80. The lowest BCUT2D eigenvalue weighted by molar-refractivity contribution is -0.128. The van der Waals surface area contributed by atoms with Gasteiger partial charge < -0.3 is 16.0 Å². The van der Waals surface area contributed by atoms with Crippen molar-refractivity contribution in [3.63, 3.8) is 0 Å². The molecule has 0 aromatic heterocycles. The molecule has 6 nitrogen and oxygen atoms in total. The molecule has 1 aliphatic heterocycles. The minimum absolute atomic E-state index is 0.0407. The predicted octanol–water partition coefficient (Wildman–Crippen LogP) is -0.689. The molecule has 0 aliphatic carbocycles. The average Bonchev–Trinajstić information content (AvgIpc) is 2.36. The summed E-state index contributed by atoms with van der Waals surface area (Å²) in [5, 5.41) is 8.93. The van der Waals surface area contributed by atoms with Crippen LogP contribution in [0.25, 0.3) is 0 Å². The normalized spacial score (nSPS) is 20.3. The maximum Gasteiger partial charge on any atom is 0.238 e. The summed E-state index contributed by atoms with van der Waals surface area (Å²) < 4.78 is 0. The molecule has 1 fully saturated rings. The number of nitrogens with zero attached hydrogens (tertiary/aromatic N) is 1. The van der Waals surface area contributed by atoms with Gasteiger partial charge >= 0.3 is 0 Å². The number of hydrogen-bond acceptors (Lipinski definition) is 4. The number of likely N-dealkylation sites (N-methyl/N-ethyl adjacent to an activating group) is 1. The Hall–Kier alpha value is -1.14. The van der Waals surface area contributed by atoms with Gasteiger partial charge in [-0.2, -0.15) is 0 Å². The average molecular weight is 270 g/mol. The third kappa shape index (κ3) is 5.57. The highest BCUT2D eigenvalue weighted by Crippen LogP contribution is 2.04. The lowest BCUT2D eigenvalue weighted by atomic mass is 10.1. The number of nitrogens with one attached hydrogen (secondary N) is 3. The monoisotopic (exact) mass is 270 g/mol. The third-order valence-corrected chi connectivity index (χ3v) is 3.08. The molecule has 0 bridgehead atoms. The lowest BCUT2D eigenvalue weighted by Gasteiger charge is -2.34. The van der Waals surface area contributed by atoms with Crippen LogP contribution in [-0.4, -0.2) is 61.5 Å². The second kappa shape index (κ2) is 8.12.